The number of esters is 1. The highest BCUT2D eigenvalue weighted by Crippen LogP contribution is 2.36. The highest BCUT2D eigenvalue weighted by atomic mass is 32.1. The van der Waals surface area contributed by atoms with E-state index in [2.05, 4.69) is 11.9 Å². The number of methoxy groups -OCH3 is 2. The molecule has 0 fully saturated rings. The fourth-order valence-corrected chi connectivity index (χ4v) is 6.58. The van der Waals surface area contributed by atoms with Crippen LogP contribution in [0.25, 0.3) is 5.57 Å². The van der Waals surface area contributed by atoms with Crippen LogP contribution in [0.5, 0.6) is 5.75 Å². The van der Waals surface area contributed by atoms with Crippen molar-refractivity contribution < 1.29 is 19.1 Å². The molecule has 0 bridgehead atoms. The van der Waals surface area contributed by atoms with Gasteiger partial charge in [0.1, 0.15) is 10.3 Å². The van der Waals surface area contributed by atoms with E-state index in [0.29, 0.717) is 38.5 Å². The minimum atomic E-state index is -0.759. The molecule has 2 aromatic carbocycles. The number of allylic oxidation sites excluding steroid dienone is 1. The van der Waals surface area contributed by atoms with Gasteiger partial charge in [-0.05, 0) is 37.1 Å². The molecule has 1 aromatic heterocycles. The van der Waals surface area contributed by atoms with E-state index in [0.717, 1.165) is 36.9 Å². The molecule has 1 atom stereocenters. The summed E-state index contributed by atoms with van der Waals surface area (Å²) in [7, 11) is 2.89. The van der Waals surface area contributed by atoms with Gasteiger partial charge in [-0.25, -0.2) is 9.79 Å². The summed E-state index contributed by atoms with van der Waals surface area (Å²) in [6.07, 6.45) is 5.42. The first-order chi connectivity index (χ1) is 19.4. The number of carbonyl (C=O) groups excluding carboxylic acids is 2. The maximum absolute atomic E-state index is 14.2. The van der Waals surface area contributed by atoms with E-state index in [1.54, 1.807) is 31.1 Å². The summed E-state index contributed by atoms with van der Waals surface area (Å²) in [6.45, 7) is 4.51. The molecule has 1 unspecified atom stereocenters. The second kappa shape index (κ2) is 11.6. The molecule has 40 heavy (non-hydrogen) atoms. The van der Waals surface area contributed by atoms with Crippen molar-refractivity contribution in [2.75, 3.05) is 25.7 Å². The number of para-hydroxylation sites is 1. The van der Waals surface area contributed by atoms with E-state index in [1.165, 1.54) is 29.4 Å². The van der Waals surface area contributed by atoms with Gasteiger partial charge in [-0.2, -0.15) is 0 Å². The molecule has 3 aromatic rings. The number of rotatable bonds is 9. The Bertz CT molecular complexity index is 1670. The largest absolute Gasteiger partial charge is 0.497 e. The predicted molar refractivity (Wildman–Crippen MR) is 155 cm³/mol. The number of anilines is 1. The first-order valence-corrected chi connectivity index (χ1v) is 14.4. The summed E-state index contributed by atoms with van der Waals surface area (Å²) in [5.41, 5.74) is 3.06. The Balaban J connectivity index is 1.67. The van der Waals surface area contributed by atoms with Gasteiger partial charge in [-0.15, -0.1) is 0 Å². The van der Waals surface area contributed by atoms with Crippen molar-refractivity contribution in [3.05, 3.63) is 90.6 Å². The van der Waals surface area contributed by atoms with Crippen molar-refractivity contribution in [2.45, 2.75) is 52.0 Å². The SMILES string of the molecule is CCCCCCCN1C(=O)/C(=c2\sc3n(c2=O)C(c2ccc(OC)cc2)C(C(=O)OC)=C(C)N=3)c2ccccc21. The number of carbonyl (C=O) groups is 2. The van der Waals surface area contributed by atoms with Gasteiger partial charge >= 0.3 is 5.97 Å². The van der Waals surface area contributed by atoms with Gasteiger partial charge in [0.25, 0.3) is 11.5 Å². The summed E-state index contributed by atoms with van der Waals surface area (Å²) in [4.78, 5) is 47.9. The third-order valence-corrected chi connectivity index (χ3v) is 8.52. The normalized spacial score (nSPS) is 17.4. The maximum Gasteiger partial charge on any atom is 0.338 e. The minimum absolute atomic E-state index is 0.174. The van der Waals surface area contributed by atoms with E-state index in [9.17, 15) is 14.4 Å². The number of hydrogen-bond donors (Lipinski definition) is 0. The van der Waals surface area contributed by atoms with Crippen LogP contribution < -0.4 is 24.5 Å². The van der Waals surface area contributed by atoms with Gasteiger partial charge < -0.3 is 14.4 Å². The molecule has 3 heterocycles. The third kappa shape index (κ3) is 4.79. The van der Waals surface area contributed by atoms with Gasteiger partial charge in [0.15, 0.2) is 4.80 Å². The Hall–Kier alpha value is -3.98. The number of ether oxygens (including phenoxy) is 2. The Morgan fingerprint density at radius 3 is 2.42 bits per heavy atom. The summed E-state index contributed by atoms with van der Waals surface area (Å²) in [6, 6.07) is 14.1. The molecule has 9 heteroatoms. The topological polar surface area (TPSA) is 90.2 Å². The molecule has 8 nitrogen and oxygen atoms in total. The maximum atomic E-state index is 14.2. The molecule has 0 spiro atoms. The van der Waals surface area contributed by atoms with Crippen molar-refractivity contribution in [1.82, 2.24) is 4.57 Å². The zero-order valence-corrected chi connectivity index (χ0v) is 24.0. The van der Waals surface area contributed by atoms with Crippen LogP contribution >= 0.6 is 11.3 Å². The first-order valence-electron chi connectivity index (χ1n) is 13.6. The average Bonchev–Trinajstić information content (AvgIpc) is 3.43. The van der Waals surface area contributed by atoms with Gasteiger partial charge in [0.05, 0.1) is 42.8 Å². The van der Waals surface area contributed by atoms with Crippen LogP contribution in [0.4, 0.5) is 5.69 Å². The average molecular weight is 560 g/mol. The smallest absolute Gasteiger partial charge is 0.338 e. The summed E-state index contributed by atoms with van der Waals surface area (Å²) >= 11 is 1.18. The molecular formula is C31H33N3O5S. The van der Waals surface area contributed by atoms with Crippen molar-refractivity contribution in [1.29, 1.82) is 0 Å². The lowest BCUT2D eigenvalue weighted by Crippen LogP contribution is -2.40. The van der Waals surface area contributed by atoms with E-state index in [-0.39, 0.29) is 17.0 Å². The molecule has 0 radical (unpaired) electrons. The molecular weight excluding hydrogens is 526 g/mol. The number of thiazole rings is 1. The molecule has 0 aliphatic carbocycles. The standard InChI is InChI=1S/C31H33N3O5S/c1-5-6-7-8-11-18-33-23-13-10-9-12-22(23)25(28(33)35)27-29(36)34-26(20-14-16-21(38-3)17-15-20)24(30(37)39-4)19(2)32-31(34)40-27/h9-10,12-17,26H,5-8,11,18H2,1-4H3/b27-25-. The second-order valence-electron chi connectivity index (χ2n) is 9.93. The molecule has 2 aliphatic heterocycles. The van der Waals surface area contributed by atoms with Crippen LogP contribution in [0.1, 0.15) is 63.1 Å². The summed E-state index contributed by atoms with van der Waals surface area (Å²) in [5, 5.41) is 0. The van der Waals surface area contributed by atoms with Gasteiger partial charge in [0.2, 0.25) is 0 Å². The highest BCUT2D eigenvalue weighted by Gasteiger charge is 2.37. The zero-order chi connectivity index (χ0) is 28.4. The van der Waals surface area contributed by atoms with Crippen molar-refractivity contribution in [3.8, 4) is 5.75 Å². The number of fused-ring (bicyclic) bond motifs is 2. The summed E-state index contributed by atoms with van der Waals surface area (Å²) in [5.74, 6) is -0.0786. The number of hydrogen-bond acceptors (Lipinski definition) is 7. The molecule has 0 saturated carbocycles. The lowest BCUT2D eigenvalue weighted by Gasteiger charge is -2.24. The number of nitrogens with zero attached hydrogens (tertiary/aromatic N) is 3. The molecule has 5 rings (SSSR count). The highest BCUT2D eigenvalue weighted by molar-refractivity contribution is 7.07. The molecule has 2 aliphatic rings. The van der Waals surface area contributed by atoms with Crippen molar-refractivity contribution >= 4 is 34.5 Å². The first kappa shape index (κ1) is 27.6. The van der Waals surface area contributed by atoms with Crippen LogP contribution in [0.2, 0.25) is 0 Å². The lowest BCUT2D eigenvalue weighted by molar-refractivity contribution is -0.136. The third-order valence-electron chi connectivity index (χ3n) is 7.47. The number of benzene rings is 2. The second-order valence-corrected chi connectivity index (χ2v) is 10.9. The van der Waals surface area contributed by atoms with E-state index in [1.807, 2.05) is 36.4 Å². The molecule has 0 saturated heterocycles. The Morgan fingerprint density at radius 1 is 1.00 bits per heavy atom. The van der Waals surface area contributed by atoms with E-state index >= 15 is 0 Å². The van der Waals surface area contributed by atoms with Crippen LogP contribution in [0.15, 0.2) is 69.6 Å². The quantitative estimate of drug-likeness (QED) is 0.291. The molecule has 208 valence electrons. The molecule has 0 N–H and O–H groups in total. The van der Waals surface area contributed by atoms with Crippen molar-refractivity contribution in [3.63, 3.8) is 0 Å². The number of amides is 1. The fraction of sp³-hybridized carbons (Fsp3) is 0.355. The Labute approximate surface area is 236 Å². The van der Waals surface area contributed by atoms with Crippen LogP contribution in [-0.4, -0.2) is 37.2 Å². The van der Waals surface area contributed by atoms with Crippen molar-refractivity contribution in [2.24, 2.45) is 4.99 Å². The van der Waals surface area contributed by atoms with Crippen LogP contribution in [0.3, 0.4) is 0 Å². The van der Waals surface area contributed by atoms with Crippen LogP contribution in [-0.2, 0) is 14.3 Å². The molecule has 1 amide bonds. The monoisotopic (exact) mass is 559 g/mol. The Morgan fingerprint density at radius 2 is 1.73 bits per heavy atom. The van der Waals surface area contributed by atoms with E-state index < -0.39 is 12.0 Å². The van der Waals surface area contributed by atoms with Gasteiger partial charge in [0, 0.05) is 12.1 Å². The predicted octanol–water partition coefficient (Wildman–Crippen LogP) is 4.10. The number of aromatic nitrogens is 1. The van der Waals surface area contributed by atoms with Gasteiger partial charge in [-0.1, -0.05) is 74.3 Å². The van der Waals surface area contributed by atoms with E-state index in [4.69, 9.17) is 9.47 Å². The number of unbranched alkanes of at least 4 members (excludes halogenated alkanes) is 4. The Kier molecular flexibility index (Phi) is 8.02. The van der Waals surface area contributed by atoms with Crippen LogP contribution in [0, 0.1) is 0 Å². The van der Waals surface area contributed by atoms with Gasteiger partial charge in [-0.3, -0.25) is 14.2 Å². The zero-order valence-electron chi connectivity index (χ0n) is 23.2. The fourth-order valence-electron chi connectivity index (χ4n) is 5.44. The summed E-state index contributed by atoms with van der Waals surface area (Å²) < 4.78 is 12.2. The lowest BCUT2D eigenvalue weighted by atomic mass is 9.96. The minimum Gasteiger partial charge on any atom is -0.497 e.